The summed E-state index contributed by atoms with van der Waals surface area (Å²) >= 11 is 0. The molecule has 186 valence electrons. The van der Waals surface area contributed by atoms with Gasteiger partial charge in [-0.2, -0.15) is 0 Å². The lowest BCUT2D eigenvalue weighted by Gasteiger charge is -2.12. The van der Waals surface area contributed by atoms with E-state index in [-0.39, 0.29) is 17.9 Å². The highest BCUT2D eigenvalue weighted by Gasteiger charge is 2.24. The maximum absolute atomic E-state index is 13.5. The first-order valence-corrected chi connectivity index (χ1v) is 11.6. The number of aromatic nitrogens is 3. The highest BCUT2D eigenvalue weighted by molar-refractivity contribution is 6.00. The number of anilines is 1. The fourth-order valence-electron chi connectivity index (χ4n) is 4.39. The highest BCUT2D eigenvalue weighted by Crippen LogP contribution is 2.23. The summed E-state index contributed by atoms with van der Waals surface area (Å²) in [6.07, 6.45) is 0. The Kier molecular flexibility index (Phi) is 6.70. The van der Waals surface area contributed by atoms with E-state index in [9.17, 15) is 14.4 Å². The Hall–Kier alpha value is -4.33. The molecule has 0 saturated heterocycles. The van der Waals surface area contributed by atoms with Gasteiger partial charge in [0.05, 0.1) is 16.9 Å². The van der Waals surface area contributed by atoms with Crippen molar-refractivity contribution in [3.05, 3.63) is 99.2 Å². The monoisotopic (exact) mass is 486 g/mol. The molecule has 0 amide bonds. The van der Waals surface area contributed by atoms with E-state index in [1.165, 1.54) is 0 Å². The molecule has 4 rings (SSSR count). The molecule has 4 aromatic rings. The number of carbonyl (C=O) groups is 2. The van der Waals surface area contributed by atoms with Crippen LogP contribution < -0.4 is 10.5 Å². The van der Waals surface area contributed by atoms with Crippen LogP contribution in [0.25, 0.3) is 11.4 Å². The molecule has 0 saturated carbocycles. The summed E-state index contributed by atoms with van der Waals surface area (Å²) in [4.78, 5) is 40.9. The summed E-state index contributed by atoms with van der Waals surface area (Å²) in [5.74, 6) is -0.892. The molecule has 0 aliphatic heterocycles. The molecule has 0 aliphatic rings. The Morgan fingerprint density at radius 2 is 1.56 bits per heavy atom. The number of para-hydroxylation sites is 1. The van der Waals surface area contributed by atoms with Crippen molar-refractivity contribution >= 4 is 17.4 Å². The van der Waals surface area contributed by atoms with Crippen molar-refractivity contribution in [1.29, 1.82) is 0 Å². The number of nitrogens with zero attached hydrogens (tertiary/aromatic N) is 4. The lowest BCUT2D eigenvalue weighted by atomic mass is 10.1. The van der Waals surface area contributed by atoms with E-state index in [4.69, 9.17) is 4.74 Å². The third-order valence-corrected chi connectivity index (χ3v) is 6.43. The highest BCUT2D eigenvalue weighted by atomic mass is 16.5. The second-order valence-corrected chi connectivity index (χ2v) is 8.97. The zero-order valence-electron chi connectivity index (χ0n) is 21.4. The van der Waals surface area contributed by atoms with Crippen molar-refractivity contribution in [3.63, 3.8) is 0 Å². The third kappa shape index (κ3) is 4.37. The maximum atomic E-state index is 13.5. The number of hydrogen-bond donors (Lipinski definition) is 0. The van der Waals surface area contributed by atoms with Crippen molar-refractivity contribution in [1.82, 2.24) is 13.9 Å². The number of aryl methyl sites for hydroxylation is 1. The SMILES string of the molecule is Cc1cc(C(=O)COC(=O)c2ccc(N(C)C)cc2)c(C)n1-c1c(C)n(C)n(-c2ccccc2)c1=O. The van der Waals surface area contributed by atoms with Crippen LogP contribution in [-0.2, 0) is 11.8 Å². The summed E-state index contributed by atoms with van der Waals surface area (Å²) in [5.41, 5.74) is 4.92. The fourth-order valence-corrected chi connectivity index (χ4v) is 4.39. The molecule has 2 aromatic heterocycles. The Bertz CT molecular complexity index is 1490. The molecule has 0 atom stereocenters. The van der Waals surface area contributed by atoms with Crippen LogP contribution >= 0.6 is 0 Å². The van der Waals surface area contributed by atoms with E-state index in [1.807, 2.05) is 82.4 Å². The van der Waals surface area contributed by atoms with Crippen LogP contribution in [0, 0.1) is 20.8 Å². The first-order valence-electron chi connectivity index (χ1n) is 11.6. The molecule has 0 N–H and O–H groups in total. The molecule has 0 spiro atoms. The average Bonchev–Trinajstić information content (AvgIpc) is 3.28. The van der Waals surface area contributed by atoms with Gasteiger partial charge in [-0.3, -0.25) is 14.3 Å². The smallest absolute Gasteiger partial charge is 0.338 e. The Balaban J connectivity index is 1.60. The van der Waals surface area contributed by atoms with Crippen LogP contribution in [0.4, 0.5) is 5.69 Å². The second-order valence-electron chi connectivity index (χ2n) is 8.97. The van der Waals surface area contributed by atoms with Crippen molar-refractivity contribution in [2.45, 2.75) is 20.8 Å². The second kappa shape index (κ2) is 9.73. The van der Waals surface area contributed by atoms with E-state index in [2.05, 4.69) is 0 Å². The molecular formula is C28H30N4O4. The summed E-state index contributed by atoms with van der Waals surface area (Å²) < 4.78 is 10.5. The quantitative estimate of drug-likeness (QED) is 0.292. The van der Waals surface area contributed by atoms with Gasteiger partial charge in [-0.05, 0) is 63.2 Å². The minimum Gasteiger partial charge on any atom is -0.454 e. The predicted octanol–water partition coefficient (Wildman–Crippen LogP) is 4.00. The maximum Gasteiger partial charge on any atom is 0.338 e. The van der Waals surface area contributed by atoms with Crippen LogP contribution in [0.2, 0.25) is 0 Å². The van der Waals surface area contributed by atoms with Gasteiger partial charge >= 0.3 is 5.97 Å². The van der Waals surface area contributed by atoms with Crippen molar-refractivity contribution in [3.8, 4) is 11.4 Å². The molecule has 36 heavy (non-hydrogen) atoms. The number of Topliss-reactive ketones (excluding diaryl/α,β-unsaturated/α-hetero) is 1. The number of ether oxygens (including phenoxy) is 1. The van der Waals surface area contributed by atoms with Crippen molar-refractivity contribution in [2.24, 2.45) is 7.05 Å². The number of hydrogen-bond acceptors (Lipinski definition) is 5. The lowest BCUT2D eigenvalue weighted by molar-refractivity contribution is 0.0474. The average molecular weight is 487 g/mol. The summed E-state index contributed by atoms with van der Waals surface area (Å²) in [5, 5.41) is 0. The minimum absolute atomic E-state index is 0.186. The van der Waals surface area contributed by atoms with E-state index < -0.39 is 5.97 Å². The fraction of sp³-hybridized carbons (Fsp3) is 0.250. The predicted molar refractivity (Wildman–Crippen MR) is 140 cm³/mol. The normalized spacial score (nSPS) is 10.9. The van der Waals surface area contributed by atoms with Gasteiger partial charge in [0.25, 0.3) is 5.56 Å². The molecule has 8 nitrogen and oxygen atoms in total. The van der Waals surface area contributed by atoms with Gasteiger partial charge in [-0.15, -0.1) is 0 Å². The van der Waals surface area contributed by atoms with Gasteiger partial charge in [-0.25, -0.2) is 9.48 Å². The first-order chi connectivity index (χ1) is 17.1. The van der Waals surface area contributed by atoms with Gasteiger partial charge in [0, 0.05) is 43.8 Å². The summed E-state index contributed by atoms with van der Waals surface area (Å²) in [7, 11) is 5.66. The minimum atomic E-state index is -0.563. The molecule has 0 radical (unpaired) electrons. The van der Waals surface area contributed by atoms with Crippen LogP contribution in [0.3, 0.4) is 0 Å². The van der Waals surface area contributed by atoms with Crippen LogP contribution in [0.15, 0.2) is 65.5 Å². The number of esters is 1. The number of rotatable bonds is 7. The standard InChI is InChI=1S/C28H30N4O4/c1-18-16-24(25(33)17-36-28(35)21-12-14-22(15-13-21)29(4)5)19(2)31(18)26-20(3)30(6)32(27(26)34)23-10-8-7-9-11-23/h7-16H,17H2,1-6H3. The largest absolute Gasteiger partial charge is 0.454 e. The van der Waals surface area contributed by atoms with Crippen LogP contribution in [-0.4, -0.2) is 46.4 Å². The number of ketones is 1. The van der Waals surface area contributed by atoms with Gasteiger partial charge in [-0.1, -0.05) is 18.2 Å². The summed E-state index contributed by atoms with van der Waals surface area (Å²) in [6.45, 7) is 5.13. The first kappa shape index (κ1) is 24.8. The molecule has 2 aromatic carbocycles. The lowest BCUT2D eigenvalue weighted by Crippen LogP contribution is -2.22. The zero-order valence-corrected chi connectivity index (χ0v) is 21.4. The summed E-state index contributed by atoms with van der Waals surface area (Å²) in [6, 6.07) is 18.1. The van der Waals surface area contributed by atoms with Crippen molar-refractivity contribution < 1.29 is 14.3 Å². The molecule has 8 heteroatoms. The molecular weight excluding hydrogens is 456 g/mol. The Morgan fingerprint density at radius 1 is 0.917 bits per heavy atom. The van der Waals surface area contributed by atoms with Crippen molar-refractivity contribution in [2.75, 3.05) is 25.6 Å². The molecule has 0 fully saturated rings. The number of carbonyl (C=O) groups excluding carboxylic acids is 2. The topological polar surface area (TPSA) is 78.5 Å². The molecule has 0 unspecified atom stereocenters. The van der Waals surface area contributed by atoms with Gasteiger partial charge in [0.1, 0.15) is 5.69 Å². The molecule has 0 bridgehead atoms. The number of benzene rings is 2. The molecule has 0 aliphatic carbocycles. The third-order valence-electron chi connectivity index (χ3n) is 6.43. The van der Waals surface area contributed by atoms with Crippen LogP contribution in [0.1, 0.15) is 37.8 Å². The van der Waals surface area contributed by atoms with Gasteiger partial charge in [0.2, 0.25) is 5.78 Å². The van der Waals surface area contributed by atoms with E-state index in [0.29, 0.717) is 22.5 Å². The van der Waals surface area contributed by atoms with Gasteiger partial charge in [0.15, 0.2) is 6.61 Å². The Morgan fingerprint density at radius 3 is 2.17 bits per heavy atom. The van der Waals surface area contributed by atoms with E-state index in [0.717, 1.165) is 22.8 Å². The van der Waals surface area contributed by atoms with E-state index >= 15 is 0 Å². The zero-order chi connectivity index (χ0) is 26.1. The van der Waals surface area contributed by atoms with E-state index in [1.54, 1.807) is 39.1 Å². The van der Waals surface area contributed by atoms with Gasteiger partial charge < -0.3 is 14.2 Å². The molecule has 2 heterocycles. The van der Waals surface area contributed by atoms with Crippen LogP contribution in [0.5, 0.6) is 0 Å². The Labute approximate surface area is 209 Å².